The number of alkyl halides is 3. The van der Waals surface area contributed by atoms with Crippen molar-refractivity contribution in [2.45, 2.75) is 18.8 Å². The lowest BCUT2D eigenvalue weighted by Crippen LogP contribution is -2.44. The molecule has 2 N–H and O–H groups in total. The Bertz CT molecular complexity index is 431. The summed E-state index contributed by atoms with van der Waals surface area (Å²) in [5.41, 5.74) is 1.65. The molecule has 0 saturated heterocycles. The fourth-order valence-electron chi connectivity index (χ4n) is 1.87. The molecular weight excluding hydrogens is 233 g/mol. The van der Waals surface area contributed by atoms with E-state index in [1.165, 1.54) is 0 Å². The molecule has 0 aliphatic carbocycles. The number of benzene rings is 1. The minimum absolute atomic E-state index is 0.304. The van der Waals surface area contributed by atoms with Crippen molar-refractivity contribution in [1.29, 1.82) is 0 Å². The van der Waals surface area contributed by atoms with Crippen LogP contribution in [0.2, 0.25) is 0 Å². The van der Waals surface area contributed by atoms with Crippen LogP contribution in [-0.2, 0) is 11.3 Å². The normalized spacial score (nSPS) is 19.6. The molecule has 17 heavy (non-hydrogen) atoms. The van der Waals surface area contributed by atoms with Crippen LogP contribution in [0.15, 0.2) is 24.3 Å². The second-order valence-electron chi connectivity index (χ2n) is 3.85. The highest BCUT2D eigenvalue weighted by Gasteiger charge is 2.40. The van der Waals surface area contributed by atoms with Gasteiger partial charge in [0.1, 0.15) is 0 Å². The van der Waals surface area contributed by atoms with E-state index < -0.39 is 18.1 Å². The summed E-state index contributed by atoms with van der Waals surface area (Å²) in [5, 5.41) is 4.95. The average Bonchev–Trinajstić information content (AvgIpc) is 2.28. The lowest BCUT2D eigenvalue weighted by Gasteiger charge is -2.27. The van der Waals surface area contributed by atoms with Gasteiger partial charge in [-0.25, -0.2) is 0 Å². The number of hydrogen-bond acceptors (Lipinski definition) is 2. The smallest absolute Gasteiger partial charge is 0.340 e. The van der Waals surface area contributed by atoms with Crippen LogP contribution < -0.4 is 10.6 Å². The van der Waals surface area contributed by atoms with Crippen molar-refractivity contribution < 1.29 is 18.0 Å². The first-order valence-corrected chi connectivity index (χ1v) is 5.14. The number of hydrogen-bond donors (Lipinski definition) is 2. The van der Waals surface area contributed by atoms with E-state index in [-0.39, 0.29) is 0 Å². The third kappa shape index (κ3) is 2.58. The maximum Gasteiger partial charge on any atom is 0.471 e. The van der Waals surface area contributed by atoms with Gasteiger partial charge in [0.2, 0.25) is 0 Å². The van der Waals surface area contributed by atoms with Gasteiger partial charge >= 0.3 is 12.1 Å². The monoisotopic (exact) mass is 244 g/mol. The largest absolute Gasteiger partial charge is 0.471 e. The van der Waals surface area contributed by atoms with E-state index in [9.17, 15) is 18.0 Å². The topological polar surface area (TPSA) is 41.1 Å². The van der Waals surface area contributed by atoms with Crippen LogP contribution in [0.25, 0.3) is 0 Å². The molecule has 1 atom stereocenters. The number of amides is 1. The number of fused-ring (bicyclic) bond motifs is 1. The standard InChI is InChI=1S/C11H11F3N2O/c12-11(13,14)10(17)16-9-6-15-5-7-3-1-2-4-8(7)9/h1-4,9,15H,5-6H2,(H,16,17). The van der Waals surface area contributed by atoms with Crippen LogP contribution in [0.1, 0.15) is 17.2 Å². The Morgan fingerprint density at radius 3 is 2.76 bits per heavy atom. The van der Waals surface area contributed by atoms with Crippen LogP contribution in [0.4, 0.5) is 13.2 Å². The molecule has 0 aromatic heterocycles. The molecule has 0 saturated carbocycles. The summed E-state index contributed by atoms with van der Waals surface area (Å²) < 4.78 is 36.4. The predicted molar refractivity (Wildman–Crippen MR) is 55.1 cm³/mol. The summed E-state index contributed by atoms with van der Waals surface area (Å²) in [4.78, 5) is 10.9. The van der Waals surface area contributed by atoms with Gasteiger partial charge in [0.05, 0.1) is 6.04 Å². The molecule has 1 unspecified atom stereocenters. The van der Waals surface area contributed by atoms with E-state index in [1.54, 1.807) is 12.1 Å². The summed E-state index contributed by atoms with van der Waals surface area (Å²) in [7, 11) is 0. The Morgan fingerprint density at radius 1 is 1.35 bits per heavy atom. The van der Waals surface area contributed by atoms with Crippen molar-refractivity contribution in [3.05, 3.63) is 35.4 Å². The lowest BCUT2D eigenvalue weighted by atomic mass is 9.97. The Labute approximate surface area is 96.0 Å². The molecule has 1 aromatic rings. The molecule has 1 amide bonds. The summed E-state index contributed by atoms with van der Waals surface area (Å²) in [6, 6.07) is 6.49. The Hall–Kier alpha value is -1.56. The van der Waals surface area contributed by atoms with Crippen molar-refractivity contribution >= 4 is 5.91 Å². The van der Waals surface area contributed by atoms with Crippen LogP contribution in [0.3, 0.4) is 0 Å². The molecule has 92 valence electrons. The molecule has 0 spiro atoms. The SMILES string of the molecule is O=C(NC1CNCc2ccccc21)C(F)(F)F. The van der Waals surface area contributed by atoms with Gasteiger partial charge in [-0.1, -0.05) is 24.3 Å². The molecule has 1 aliphatic rings. The highest BCUT2D eigenvalue weighted by atomic mass is 19.4. The van der Waals surface area contributed by atoms with Crippen LogP contribution >= 0.6 is 0 Å². The molecule has 2 rings (SSSR count). The minimum atomic E-state index is -4.84. The first-order chi connectivity index (χ1) is 7.98. The van der Waals surface area contributed by atoms with Crippen LogP contribution in [-0.4, -0.2) is 18.6 Å². The molecule has 3 nitrogen and oxygen atoms in total. The number of halogens is 3. The van der Waals surface area contributed by atoms with E-state index in [4.69, 9.17) is 0 Å². The Kier molecular flexibility index (Phi) is 3.06. The summed E-state index contributed by atoms with van der Waals surface area (Å²) >= 11 is 0. The second kappa shape index (κ2) is 4.37. The van der Waals surface area contributed by atoms with Gasteiger partial charge in [-0.15, -0.1) is 0 Å². The van der Waals surface area contributed by atoms with E-state index >= 15 is 0 Å². The van der Waals surface area contributed by atoms with Gasteiger partial charge < -0.3 is 10.6 Å². The molecule has 0 bridgehead atoms. The van der Waals surface area contributed by atoms with Crippen molar-refractivity contribution in [1.82, 2.24) is 10.6 Å². The van der Waals surface area contributed by atoms with Gasteiger partial charge in [-0.05, 0) is 11.1 Å². The maximum absolute atomic E-state index is 12.1. The van der Waals surface area contributed by atoms with Gasteiger partial charge in [-0.3, -0.25) is 4.79 Å². The predicted octanol–water partition coefficient (Wildman–Crippen LogP) is 1.51. The van der Waals surface area contributed by atoms with Crippen molar-refractivity contribution in [3.63, 3.8) is 0 Å². The number of carbonyl (C=O) groups is 1. The van der Waals surface area contributed by atoms with Crippen LogP contribution in [0.5, 0.6) is 0 Å². The molecule has 1 aliphatic heterocycles. The third-order valence-electron chi connectivity index (χ3n) is 2.66. The van der Waals surface area contributed by atoms with Crippen molar-refractivity contribution in [2.24, 2.45) is 0 Å². The van der Waals surface area contributed by atoms with Gasteiger partial charge in [0, 0.05) is 13.1 Å². The third-order valence-corrected chi connectivity index (χ3v) is 2.66. The molecule has 1 aromatic carbocycles. The Morgan fingerprint density at radius 2 is 2.06 bits per heavy atom. The zero-order valence-corrected chi connectivity index (χ0v) is 8.84. The fraction of sp³-hybridized carbons (Fsp3) is 0.364. The maximum atomic E-state index is 12.1. The molecular formula is C11H11F3N2O. The summed E-state index contributed by atoms with van der Waals surface area (Å²) in [6.07, 6.45) is -4.84. The lowest BCUT2D eigenvalue weighted by molar-refractivity contribution is -0.174. The number of rotatable bonds is 1. The minimum Gasteiger partial charge on any atom is -0.340 e. The summed E-state index contributed by atoms with van der Waals surface area (Å²) in [6.45, 7) is 0.910. The Balaban J connectivity index is 2.17. The van der Waals surface area contributed by atoms with E-state index in [1.807, 2.05) is 17.4 Å². The van der Waals surface area contributed by atoms with Crippen molar-refractivity contribution in [2.75, 3.05) is 6.54 Å². The highest BCUT2D eigenvalue weighted by molar-refractivity contribution is 5.82. The second-order valence-corrected chi connectivity index (χ2v) is 3.85. The summed E-state index contributed by atoms with van der Waals surface area (Å²) in [5.74, 6) is -1.90. The first kappa shape index (κ1) is 11.9. The van der Waals surface area contributed by atoms with Gasteiger partial charge in [-0.2, -0.15) is 13.2 Å². The molecule has 6 heteroatoms. The number of nitrogens with one attached hydrogen (secondary N) is 2. The fourth-order valence-corrected chi connectivity index (χ4v) is 1.87. The molecule has 0 fully saturated rings. The van der Waals surface area contributed by atoms with E-state index in [0.717, 1.165) is 11.1 Å². The van der Waals surface area contributed by atoms with Crippen LogP contribution in [0, 0.1) is 0 Å². The molecule has 1 heterocycles. The van der Waals surface area contributed by atoms with Gasteiger partial charge in [0.15, 0.2) is 0 Å². The zero-order chi connectivity index (χ0) is 12.5. The highest BCUT2D eigenvalue weighted by Crippen LogP contribution is 2.23. The first-order valence-electron chi connectivity index (χ1n) is 5.14. The van der Waals surface area contributed by atoms with Crippen molar-refractivity contribution in [3.8, 4) is 0 Å². The van der Waals surface area contributed by atoms with Gasteiger partial charge in [0.25, 0.3) is 0 Å². The zero-order valence-electron chi connectivity index (χ0n) is 8.84. The van der Waals surface area contributed by atoms with E-state index in [0.29, 0.717) is 13.1 Å². The average molecular weight is 244 g/mol. The number of carbonyl (C=O) groups excluding carboxylic acids is 1. The van der Waals surface area contributed by atoms with E-state index in [2.05, 4.69) is 5.32 Å². The quantitative estimate of drug-likeness (QED) is 0.786. The molecule has 0 radical (unpaired) electrons.